The lowest BCUT2D eigenvalue weighted by molar-refractivity contribution is -0.689. The normalized spacial score (nSPS) is 18.6. The van der Waals surface area contributed by atoms with Gasteiger partial charge in [0.05, 0.1) is 0 Å². The fourth-order valence-electron chi connectivity index (χ4n) is 4.53. The van der Waals surface area contributed by atoms with Gasteiger partial charge in [-0.25, -0.2) is 9.36 Å². The second-order valence-electron chi connectivity index (χ2n) is 8.94. The molecule has 0 aliphatic carbocycles. The molecule has 0 radical (unpaired) electrons. The molecule has 2 aliphatic heterocycles. The molecule has 1 saturated heterocycles. The molecule has 1 fully saturated rings. The van der Waals surface area contributed by atoms with Gasteiger partial charge < -0.3 is 9.84 Å². The monoisotopic (exact) mass is 516 g/mol. The van der Waals surface area contributed by atoms with Crippen LogP contribution in [-0.2, 0) is 27.5 Å². The van der Waals surface area contributed by atoms with Crippen LogP contribution >= 0.6 is 11.8 Å². The van der Waals surface area contributed by atoms with E-state index >= 15 is 0 Å². The Hall–Kier alpha value is -4.11. The van der Waals surface area contributed by atoms with Crippen LogP contribution in [-0.4, -0.2) is 45.5 Å². The first-order chi connectivity index (χ1) is 18.0. The van der Waals surface area contributed by atoms with Gasteiger partial charge in [-0.3, -0.25) is 19.4 Å². The first-order valence-electron chi connectivity index (χ1n) is 11.8. The van der Waals surface area contributed by atoms with Gasteiger partial charge in [-0.05, 0) is 30.2 Å². The fraction of sp³-hybridized carbons (Fsp3) is 0.214. The Kier molecular flexibility index (Phi) is 6.96. The molecule has 2 aromatic carbocycles. The van der Waals surface area contributed by atoms with Crippen LogP contribution in [0.5, 0.6) is 5.75 Å². The summed E-state index contributed by atoms with van der Waals surface area (Å²) in [5, 5.41) is 9.51. The van der Waals surface area contributed by atoms with Gasteiger partial charge >= 0.3 is 5.97 Å². The Balaban J connectivity index is 1.35. The minimum Gasteiger partial charge on any atom is -0.489 e. The number of fused-ring (bicyclic) bond motifs is 1. The zero-order valence-corrected chi connectivity index (χ0v) is 21.0. The van der Waals surface area contributed by atoms with E-state index < -0.39 is 23.3 Å². The lowest BCUT2D eigenvalue weighted by atomic mass is 10.0. The summed E-state index contributed by atoms with van der Waals surface area (Å²) in [7, 11) is 0. The first-order valence-corrected chi connectivity index (χ1v) is 12.9. The molecule has 2 amide bonds. The van der Waals surface area contributed by atoms with E-state index in [1.807, 2.05) is 66.3 Å². The highest BCUT2D eigenvalue weighted by atomic mass is 32.2. The highest BCUT2D eigenvalue weighted by Gasteiger charge is 2.56. The van der Waals surface area contributed by atoms with Gasteiger partial charge in [0.2, 0.25) is 6.41 Å². The lowest BCUT2D eigenvalue weighted by Gasteiger charge is -2.51. The van der Waals surface area contributed by atoms with Crippen molar-refractivity contribution in [3.05, 3.63) is 102 Å². The Morgan fingerprint density at radius 2 is 1.92 bits per heavy atom. The fourth-order valence-corrected chi connectivity index (χ4v) is 5.92. The van der Waals surface area contributed by atoms with Gasteiger partial charge in [0, 0.05) is 35.2 Å². The molecule has 1 aromatic heterocycles. The lowest BCUT2D eigenvalue weighted by Crippen LogP contribution is -2.70. The molecule has 37 heavy (non-hydrogen) atoms. The Bertz CT molecular complexity index is 1360. The van der Waals surface area contributed by atoms with Crippen molar-refractivity contribution in [2.24, 2.45) is 0 Å². The number of ether oxygens (including phenoxy) is 1. The Morgan fingerprint density at radius 3 is 2.62 bits per heavy atom. The van der Waals surface area contributed by atoms with E-state index in [2.05, 4.69) is 0 Å². The zero-order chi connectivity index (χ0) is 25.9. The number of amides is 2. The summed E-state index contributed by atoms with van der Waals surface area (Å²) in [6.07, 6.45) is 4.40. The maximum absolute atomic E-state index is 13.3. The van der Waals surface area contributed by atoms with Gasteiger partial charge in [0.15, 0.2) is 18.9 Å². The molecule has 0 bridgehead atoms. The SMILES string of the molecule is Cc1cc[n+](CC2=C(C(=O)O)N3C(=O)C(N(C=O)c4cccc(OCc5ccccc5)c4)[C@H]3SC2)cc1. The Morgan fingerprint density at radius 1 is 1.16 bits per heavy atom. The number of pyridine rings is 1. The second-order valence-corrected chi connectivity index (χ2v) is 10.0. The minimum absolute atomic E-state index is 0.00358. The average Bonchev–Trinajstić information content (AvgIpc) is 2.92. The van der Waals surface area contributed by atoms with Crippen LogP contribution in [0.15, 0.2) is 90.4 Å². The van der Waals surface area contributed by atoms with Gasteiger partial charge in [0.25, 0.3) is 5.91 Å². The van der Waals surface area contributed by atoms with Gasteiger partial charge in [0.1, 0.15) is 29.5 Å². The quantitative estimate of drug-likeness (QED) is 0.267. The van der Waals surface area contributed by atoms with E-state index in [0.717, 1.165) is 11.1 Å². The van der Waals surface area contributed by atoms with Crippen molar-refractivity contribution < 1.29 is 28.8 Å². The number of aromatic nitrogens is 1. The number of thioether (sulfide) groups is 1. The van der Waals surface area contributed by atoms with E-state index in [9.17, 15) is 19.5 Å². The molecule has 9 heteroatoms. The van der Waals surface area contributed by atoms with Crippen molar-refractivity contribution in [2.75, 3.05) is 10.7 Å². The predicted molar refractivity (Wildman–Crippen MR) is 139 cm³/mol. The molecule has 188 valence electrons. The van der Waals surface area contributed by atoms with Crippen molar-refractivity contribution >= 4 is 35.7 Å². The molecule has 5 rings (SSSR count). The summed E-state index contributed by atoms with van der Waals surface area (Å²) in [6.45, 7) is 2.72. The molecule has 0 saturated carbocycles. The first kappa shape index (κ1) is 24.6. The third-order valence-corrected chi connectivity index (χ3v) is 7.76. The van der Waals surface area contributed by atoms with Crippen LogP contribution in [0, 0.1) is 6.92 Å². The number of rotatable bonds is 9. The predicted octanol–water partition coefficient (Wildman–Crippen LogP) is 3.15. The van der Waals surface area contributed by atoms with E-state index in [4.69, 9.17) is 4.74 Å². The Labute approximate surface area is 218 Å². The van der Waals surface area contributed by atoms with Crippen LogP contribution in [0.2, 0.25) is 0 Å². The number of hydrogen-bond acceptors (Lipinski definition) is 5. The van der Waals surface area contributed by atoms with Crippen molar-refractivity contribution in [3.63, 3.8) is 0 Å². The molecule has 2 aliphatic rings. The van der Waals surface area contributed by atoms with E-state index in [1.165, 1.54) is 21.6 Å². The zero-order valence-electron chi connectivity index (χ0n) is 20.2. The number of carbonyl (C=O) groups is 3. The molecule has 1 unspecified atom stereocenters. The van der Waals surface area contributed by atoms with Gasteiger partial charge in [-0.1, -0.05) is 36.4 Å². The number of carboxylic acids is 1. The van der Waals surface area contributed by atoms with E-state index in [-0.39, 0.29) is 5.70 Å². The number of carbonyl (C=O) groups excluding carboxylic acids is 2. The number of nitrogens with zero attached hydrogens (tertiary/aromatic N) is 3. The second kappa shape index (κ2) is 10.5. The highest BCUT2D eigenvalue weighted by molar-refractivity contribution is 8.00. The van der Waals surface area contributed by atoms with Crippen LogP contribution in [0.3, 0.4) is 0 Å². The van der Waals surface area contributed by atoms with Crippen LogP contribution < -0.4 is 14.2 Å². The maximum Gasteiger partial charge on any atom is 0.352 e. The third kappa shape index (κ3) is 4.95. The topological polar surface area (TPSA) is 91.0 Å². The summed E-state index contributed by atoms with van der Waals surface area (Å²) in [5.41, 5.74) is 3.29. The van der Waals surface area contributed by atoms with Crippen molar-refractivity contribution in [1.82, 2.24) is 4.90 Å². The van der Waals surface area contributed by atoms with Crippen molar-refractivity contribution in [2.45, 2.75) is 31.5 Å². The third-order valence-electron chi connectivity index (χ3n) is 6.43. The smallest absolute Gasteiger partial charge is 0.352 e. The number of benzene rings is 2. The van der Waals surface area contributed by atoms with E-state index in [1.54, 1.807) is 24.3 Å². The standard InChI is InChI=1S/C28H25N3O5S/c1-19-10-12-29(13-11-19)15-21-17-37-27-25(26(33)31(27)24(21)28(34)35)30(18-32)22-8-5-9-23(14-22)36-16-20-6-3-2-4-7-20/h2-14,18,25,27H,15-17H2,1H3/p+1/t25?,27-/m1/s1. The van der Waals surface area contributed by atoms with Crippen LogP contribution in [0.4, 0.5) is 5.69 Å². The van der Waals surface area contributed by atoms with Gasteiger partial charge in [-0.2, -0.15) is 0 Å². The molecule has 2 atom stereocenters. The maximum atomic E-state index is 13.3. The van der Waals surface area contributed by atoms with Gasteiger partial charge in [-0.15, -0.1) is 11.8 Å². The van der Waals surface area contributed by atoms with E-state index in [0.29, 0.717) is 42.3 Å². The van der Waals surface area contributed by atoms with Crippen molar-refractivity contribution in [1.29, 1.82) is 0 Å². The number of anilines is 1. The summed E-state index contributed by atoms with van der Waals surface area (Å²) >= 11 is 1.47. The van der Waals surface area contributed by atoms with Crippen molar-refractivity contribution in [3.8, 4) is 5.75 Å². The number of aryl methyl sites for hydroxylation is 1. The molecular formula is C28H26N3O5S+. The molecular weight excluding hydrogens is 490 g/mol. The molecule has 1 N–H and O–H groups in total. The molecule has 3 aromatic rings. The molecule has 0 spiro atoms. The largest absolute Gasteiger partial charge is 0.489 e. The average molecular weight is 517 g/mol. The number of aliphatic carboxylic acids is 1. The molecule has 3 heterocycles. The summed E-state index contributed by atoms with van der Waals surface area (Å²) in [6, 6.07) is 19.8. The summed E-state index contributed by atoms with van der Waals surface area (Å²) in [5.74, 6) is -0.547. The summed E-state index contributed by atoms with van der Waals surface area (Å²) in [4.78, 5) is 40.4. The van der Waals surface area contributed by atoms with Crippen LogP contribution in [0.25, 0.3) is 0 Å². The number of β-lactam (4-membered cyclic amide) rings is 1. The number of hydrogen-bond donors (Lipinski definition) is 1. The summed E-state index contributed by atoms with van der Waals surface area (Å²) < 4.78 is 7.78. The highest BCUT2D eigenvalue weighted by Crippen LogP contribution is 2.43. The van der Waals surface area contributed by atoms with Crippen LogP contribution in [0.1, 0.15) is 11.1 Å². The minimum atomic E-state index is -1.14. The number of carboxylic acid groups (broad SMARTS) is 1. The molecule has 8 nitrogen and oxygen atoms in total.